The highest BCUT2D eigenvalue weighted by Gasteiger charge is 2.42. The van der Waals surface area contributed by atoms with Gasteiger partial charge in [-0.2, -0.15) is 4.99 Å². The third-order valence-corrected chi connectivity index (χ3v) is 6.71. The van der Waals surface area contributed by atoms with E-state index in [1.807, 2.05) is 25.7 Å². The second-order valence-corrected chi connectivity index (χ2v) is 10.6. The van der Waals surface area contributed by atoms with Crippen LogP contribution in [0.3, 0.4) is 0 Å². The molecule has 0 bridgehead atoms. The Bertz CT molecular complexity index is 930. The molecule has 1 atom stereocenters. The first kappa shape index (κ1) is 24.3. The molecule has 1 saturated heterocycles. The molecule has 9 nitrogen and oxygen atoms in total. The molecule has 1 aliphatic carbocycles. The number of carbonyl (C=O) groups is 1. The molecule has 0 aromatic heterocycles. The zero-order valence-electron chi connectivity index (χ0n) is 20.7. The van der Waals surface area contributed by atoms with Crippen LogP contribution in [0.2, 0.25) is 0 Å². The molecule has 1 unspecified atom stereocenters. The van der Waals surface area contributed by atoms with Crippen molar-refractivity contribution >= 4 is 23.7 Å². The number of ether oxygens (including phenoxy) is 1. The number of amides is 1. The normalized spacial score (nSPS) is 22.9. The average Bonchev–Trinajstić information content (AvgIpc) is 2.77. The number of nitrogens with one attached hydrogen (secondary N) is 1. The van der Waals surface area contributed by atoms with E-state index >= 15 is 0 Å². The predicted molar refractivity (Wildman–Crippen MR) is 136 cm³/mol. The van der Waals surface area contributed by atoms with Gasteiger partial charge in [0.2, 0.25) is 11.9 Å². The number of rotatable bonds is 4. The van der Waals surface area contributed by atoms with Crippen molar-refractivity contribution in [1.29, 1.82) is 0 Å². The summed E-state index contributed by atoms with van der Waals surface area (Å²) < 4.78 is 5.54. The van der Waals surface area contributed by atoms with Gasteiger partial charge in [-0.15, -0.1) is 0 Å². The van der Waals surface area contributed by atoms with E-state index in [9.17, 15) is 4.79 Å². The smallest absolute Gasteiger partial charge is 0.410 e. The summed E-state index contributed by atoms with van der Waals surface area (Å²) in [4.78, 5) is 25.3. The van der Waals surface area contributed by atoms with E-state index in [-0.39, 0.29) is 18.1 Å². The van der Waals surface area contributed by atoms with Crippen molar-refractivity contribution in [3.8, 4) is 0 Å². The molecule has 1 amide bonds. The number of nitrogens with zero attached hydrogens (tertiary/aromatic N) is 4. The van der Waals surface area contributed by atoms with Gasteiger partial charge in [0.05, 0.1) is 0 Å². The third-order valence-electron chi connectivity index (χ3n) is 6.71. The number of hydrogen-bond donors (Lipinski definition) is 3. The second kappa shape index (κ2) is 9.82. The number of likely N-dealkylation sites (tertiary alicyclic amines) is 1. The van der Waals surface area contributed by atoms with Crippen molar-refractivity contribution in [1.82, 2.24) is 10.2 Å². The Balaban J connectivity index is 1.38. The fraction of sp³-hybridized carbons (Fsp3) is 0.640. The number of carbonyl (C=O) groups excluding carboxylic acids is 1. The van der Waals surface area contributed by atoms with E-state index in [0.717, 1.165) is 57.3 Å². The number of nitrogens with two attached hydrogens (primary N) is 2. The average molecular weight is 470 g/mol. The fourth-order valence-corrected chi connectivity index (χ4v) is 5.16. The maximum absolute atomic E-state index is 12.4. The van der Waals surface area contributed by atoms with Crippen LogP contribution in [-0.2, 0) is 11.3 Å². The van der Waals surface area contributed by atoms with Gasteiger partial charge >= 0.3 is 6.09 Å². The molecule has 2 fully saturated rings. The summed E-state index contributed by atoms with van der Waals surface area (Å²) in [7, 11) is 0. The third kappa shape index (κ3) is 5.63. The quantitative estimate of drug-likeness (QED) is 0.622. The molecule has 1 aromatic carbocycles. The molecule has 2 aliphatic heterocycles. The maximum atomic E-state index is 12.4. The van der Waals surface area contributed by atoms with E-state index in [1.54, 1.807) is 0 Å². The summed E-state index contributed by atoms with van der Waals surface area (Å²) in [5.74, 6) is 0.675. The number of anilines is 1. The van der Waals surface area contributed by atoms with Gasteiger partial charge in [-0.05, 0) is 77.0 Å². The van der Waals surface area contributed by atoms with Gasteiger partial charge in [-0.3, -0.25) is 4.90 Å². The Labute approximate surface area is 202 Å². The molecule has 9 heteroatoms. The van der Waals surface area contributed by atoms with Crippen LogP contribution in [0.15, 0.2) is 34.3 Å². The molecular formula is C25H39N7O2. The topological polar surface area (TPSA) is 122 Å². The van der Waals surface area contributed by atoms with Gasteiger partial charge in [0.1, 0.15) is 11.3 Å². The predicted octanol–water partition coefficient (Wildman–Crippen LogP) is 3.29. The van der Waals surface area contributed by atoms with Gasteiger partial charge in [-0.25, -0.2) is 9.79 Å². The Kier molecular flexibility index (Phi) is 7.02. The largest absolute Gasteiger partial charge is 0.444 e. The highest BCUT2D eigenvalue weighted by molar-refractivity contribution is 6.05. The van der Waals surface area contributed by atoms with Gasteiger partial charge in [0.25, 0.3) is 0 Å². The number of hydrogen-bond acceptors (Lipinski definition) is 8. The second-order valence-electron chi connectivity index (χ2n) is 10.6. The molecule has 5 N–H and O–H groups in total. The summed E-state index contributed by atoms with van der Waals surface area (Å²) in [6, 6.07) is 8.64. The fourth-order valence-electron chi connectivity index (χ4n) is 5.16. The van der Waals surface area contributed by atoms with E-state index in [4.69, 9.17) is 21.2 Å². The molecule has 34 heavy (non-hydrogen) atoms. The van der Waals surface area contributed by atoms with Crippen LogP contribution in [0.1, 0.15) is 71.3 Å². The van der Waals surface area contributed by atoms with Crippen LogP contribution in [-0.4, -0.2) is 53.3 Å². The Hall–Kier alpha value is -2.81. The molecule has 2 heterocycles. The van der Waals surface area contributed by atoms with Crippen LogP contribution < -0.4 is 21.7 Å². The zero-order chi connectivity index (χ0) is 24.3. The minimum atomic E-state index is -0.477. The zero-order valence-corrected chi connectivity index (χ0v) is 20.7. The molecular weight excluding hydrogens is 430 g/mol. The summed E-state index contributed by atoms with van der Waals surface area (Å²) >= 11 is 0. The molecule has 1 saturated carbocycles. The number of aliphatic imine (C=N–C) groups is 2. The lowest BCUT2D eigenvalue weighted by Gasteiger charge is -2.45. The summed E-state index contributed by atoms with van der Waals surface area (Å²) in [6.07, 6.45) is 7.03. The van der Waals surface area contributed by atoms with Crippen LogP contribution in [0.25, 0.3) is 0 Å². The SMILES string of the molecule is CC(C)(C)OC(=O)N1CCCC(NCc2ccc(N3C(N)=NC(N)=NC34CCCCC4)cc2)C1. The number of guanidine groups is 2. The minimum absolute atomic E-state index is 0.232. The number of piperidine rings is 1. The lowest BCUT2D eigenvalue weighted by atomic mass is 9.87. The standard InChI is InChI=1S/C25H39N7O2/c1-24(2,3)34-23(33)31-15-7-8-19(17-31)28-16-18-9-11-20(12-10-18)32-22(27)29-21(26)30-25(32)13-5-4-6-14-25/h9-12,19,28H,4-8,13-17H2,1-3H3,(H4,26,27,29,30). The van der Waals surface area contributed by atoms with Crippen molar-refractivity contribution in [2.45, 2.75) is 89.6 Å². The molecule has 186 valence electrons. The van der Waals surface area contributed by atoms with Crippen LogP contribution >= 0.6 is 0 Å². The van der Waals surface area contributed by atoms with Gasteiger partial charge in [0.15, 0.2) is 0 Å². The maximum Gasteiger partial charge on any atom is 0.410 e. The summed E-state index contributed by atoms with van der Waals surface area (Å²) in [5.41, 5.74) is 13.6. The number of benzene rings is 1. The van der Waals surface area contributed by atoms with Crippen molar-refractivity contribution in [3.05, 3.63) is 29.8 Å². The van der Waals surface area contributed by atoms with E-state index in [1.165, 1.54) is 12.0 Å². The molecule has 4 rings (SSSR count). The van der Waals surface area contributed by atoms with Crippen molar-refractivity contribution < 1.29 is 9.53 Å². The Morgan fingerprint density at radius 1 is 1.15 bits per heavy atom. The molecule has 3 aliphatic rings. The Morgan fingerprint density at radius 2 is 1.85 bits per heavy atom. The first-order chi connectivity index (χ1) is 16.2. The van der Waals surface area contributed by atoms with Crippen LogP contribution in [0, 0.1) is 0 Å². The Morgan fingerprint density at radius 3 is 2.53 bits per heavy atom. The highest BCUT2D eigenvalue weighted by Crippen LogP contribution is 2.39. The monoisotopic (exact) mass is 469 g/mol. The lowest BCUT2D eigenvalue weighted by molar-refractivity contribution is 0.0187. The summed E-state index contributed by atoms with van der Waals surface area (Å²) in [5, 5.41) is 3.61. The van der Waals surface area contributed by atoms with E-state index in [2.05, 4.69) is 39.5 Å². The highest BCUT2D eigenvalue weighted by atomic mass is 16.6. The summed E-state index contributed by atoms with van der Waals surface area (Å²) in [6.45, 7) is 7.83. The minimum Gasteiger partial charge on any atom is -0.444 e. The van der Waals surface area contributed by atoms with Crippen LogP contribution in [0.5, 0.6) is 0 Å². The molecule has 1 aromatic rings. The van der Waals surface area contributed by atoms with Crippen molar-refractivity contribution in [2.75, 3.05) is 18.0 Å². The molecule has 1 spiro atoms. The van der Waals surface area contributed by atoms with Crippen molar-refractivity contribution in [2.24, 2.45) is 21.5 Å². The van der Waals surface area contributed by atoms with Gasteiger partial charge in [-0.1, -0.05) is 18.6 Å². The van der Waals surface area contributed by atoms with Crippen LogP contribution in [0.4, 0.5) is 10.5 Å². The van der Waals surface area contributed by atoms with Gasteiger partial charge < -0.3 is 26.4 Å². The lowest BCUT2D eigenvalue weighted by Crippen LogP contribution is -2.58. The van der Waals surface area contributed by atoms with E-state index in [0.29, 0.717) is 12.5 Å². The van der Waals surface area contributed by atoms with E-state index < -0.39 is 11.3 Å². The first-order valence-electron chi connectivity index (χ1n) is 12.5. The van der Waals surface area contributed by atoms with Gasteiger partial charge in [0, 0.05) is 31.4 Å². The first-order valence-corrected chi connectivity index (χ1v) is 12.5. The molecule has 0 radical (unpaired) electrons. The van der Waals surface area contributed by atoms with Crippen molar-refractivity contribution in [3.63, 3.8) is 0 Å².